The van der Waals surface area contributed by atoms with E-state index in [0.717, 1.165) is 11.8 Å². The van der Waals surface area contributed by atoms with Crippen LogP contribution in [-0.2, 0) is 5.41 Å². The predicted octanol–water partition coefficient (Wildman–Crippen LogP) is 8.79. The summed E-state index contributed by atoms with van der Waals surface area (Å²) in [5, 5.41) is 0. The number of hydrogen-bond donors (Lipinski definition) is 0. The molecule has 0 spiro atoms. The monoisotopic (exact) mass is 358 g/mol. The number of hydrogen-bond acceptors (Lipinski definition) is 0. The molecule has 150 valence electrons. The largest absolute Gasteiger partial charge is 0.0654 e. The summed E-state index contributed by atoms with van der Waals surface area (Å²) in [6.07, 6.45) is 13.2. The first kappa shape index (κ1) is 23.3. The van der Waals surface area contributed by atoms with Gasteiger partial charge in [-0.2, -0.15) is 0 Å². The first-order valence-corrected chi connectivity index (χ1v) is 11.2. The Hall–Kier alpha value is -0.780. The SMILES string of the molecule is CC(C)(C)c1ccccc1.CCCCCCC(CC1CCC1)C(C)(C)C. The van der Waals surface area contributed by atoms with Gasteiger partial charge < -0.3 is 0 Å². The van der Waals surface area contributed by atoms with Crippen LogP contribution in [0.4, 0.5) is 0 Å². The van der Waals surface area contributed by atoms with Crippen molar-refractivity contribution in [1.29, 1.82) is 0 Å². The summed E-state index contributed by atoms with van der Waals surface area (Å²) in [5.41, 5.74) is 2.22. The van der Waals surface area contributed by atoms with E-state index in [1.54, 1.807) is 0 Å². The maximum Gasteiger partial charge on any atom is -0.0132 e. The van der Waals surface area contributed by atoms with E-state index >= 15 is 0 Å². The molecule has 0 radical (unpaired) electrons. The molecule has 1 aromatic carbocycles. The lowest BCUT2D eigenvalue weighted by molar-refractivity contribution is 0.145. The zero-order valence-electron chi connectivity index (χ0n) is 18.9. The fourth-order valence-corrected chi connectivity index (χ4v) is 3.79. The third-order valence-electron chi connectivity index (χ3n) is 6.11. The summed E-state index contributed by atoms with van der Waals surface area (Å²) in [7, 11) is 0. The summed E-state index contributed by atoms with van der Waals surface area (Å²) in [5.74, 6) is 2.05. The van der Waals surface area contributed by atoms with Crippen molar-refractivity contribution in [2.45, 2.75) is 112 Å². The summed E-state index contributed by atoms with van der Waals surface area (Å²) in [6.45, 7) is 16.3. The molecule has 1 fully saturated rings. The highest BCUT2D eigenvalue weighted by molar-refractivity contribution is 5.21. The molecular formula is C26H46. The Kier molecular flexibility index (Phi) is 9.98. The molecule has 1 aliphatic rings. The van der Waals surface area contributed by atoms with E-state index in [9.17, 15) is 0 Å². The lowest BCUT2D eigenvalue weighted by atomic mass is 9.69. The summed E-state index contributed by atoms with van der Waals surface area (Å²) in [6, 6.07) is 10.6. The van der Waals surface area contributed by atoms with E-state index in [0.29, 0.717) is 10.8 Å². The number of unbranched alkanes of at least 4 members (excludes halogenated alkanes) is 3. The normalized spacial score (nSPS) is 16.4. The van der Waals surface area contributed by atoms with E-state index in [2.05, 4.69) is 78.8 Å². The third kappa shape index (κ3) is 9.24. The molecule has 0 N–H and O–H groups in total. The average molecular weight is 359 g/mol. The van der Waals surface area contributed by atoms with Gasteiger partial charge in [-0.3, -0.25) is 0 Å². The molecule has 26 heavy (non-hydrogen) atoms. The molecule has 0 heterocycles. The molecule has 0 aromatic heterocycles. The van der Waals surface area contributed by atoms with Crippen molar-refractivity contribution in [1.82, 2.24) is 0 Å². The molecule has 1 aromatic rings. The highest BCUT2D eigenvalue weighted by Crippen LogP contribution is 2.41. The van der Waals surface area contributed by atoms with Crippen LogP contribution >= 0.6 is 0 Å². The van der Waals surface area contributed by atoms with Crippen molar-refractivity contribution < 1.29 is 0 Å². The molecule has 0 bridgehead atoms. The van der Waals surface area contributed by atoms with Crippen LogP contribution in [0.3, 0.4) is 0 Å². The van der Waals surface area contributed by atoms with Gasteiger partial charge in [-0.15, -0.1) is 0 Å². The van der Waals surface area contributed by atoms with Gasteiger partial charge in [0.05, 0.1) is 0 Å². The van der Waals surface area contributed by atoms with Gasteiger partial charge in [0.2, 0.25) is 0 Å². The molecular weight excluding hydrogens is 312 g/mol. The van der Waals surface area contributed by atoms with Crippen molar-refractivity contribution in [3.63, 3.8) is 0 Å². The molecule has 2 rings (SSSR count). The third-order valence-corrected chi connectivity index (χ3v) is 6.11. The quantitative estimate of drug-likeness (QED) is 0.427. The summed E-state index contributed by atoms with van der Waals surface area (Å²) < 4.78 is 0. The van der Waals surface area contributed by atoms with E-state index in [-0.39, 0.29) is 0 Å². The molecule has 0 heteroatoms. The highest BCUT2D eigenvalue weighted by Gasteiger charge is 2.29. The Labute approximate surface area is 165 Å². The van der Waals surface area contributed by atoms with Gasteiger partial charge in [-0.1, -0.05) is 124 Å². The van der Waals surface area contributed by atoms with E-state index in [1.165, 1.54) is 63.4 Å². The molecule has 0 nitrogen and oxygen atoms in total. The van der Waals surface area contributed by atoms with Crippen molar-refractivity contribution in [3.8, 4) is 0 Å². The minimum absolute atomic E-state index is 0.293. The average Bonchev–Trinajstić information content (AvgIpc) is 2.52. The van der Waals surface area contributed by atoms with Crippen molar-refractivity contribution in [2.75, 3.05) is 0 Å². The van der Waals surface area contributed by atoms with Crippen LogP contribution in [0.2, 0.25) is 0 Å². The van der Waals surface area contributed by atoms with Gasteiger partial charge in [-0.25, -0.2) is 0 Å². The molecule has 1 aliphatic carbocycles. The maximum absolute atomic E-state index is 2.44. The van der Waals surface area contributed by atoms with E-state index in [1.807, 2.05) is 0 Å². The Morgan fingerprint density at radius 3 is 1.88 bits per heavy atom. The fraction of sp³-hybridized carbons (Fsp3) is 0.769. The molecule has 0 aliphatic heterocycles. The topological polar surface area (TPSA) is 0 Å². The van der Waals surface area contributed by atoms with Gasteiger partial charge in [-0.05, 0) is 41.1 Å². The Balaban J connectivity index is 0.000000289. The minimum Gasteiger partial charge on any atom is -0.0654 e. The van der Waals surface area contributed by atoms with Crippen molar-refractivity contribution in [3.05, 3.63) is 35.9 Å². The lowest BCUT2D eigenvalue weighted by Crippen LogP contribution is -2.25. The van der Waals surface area contributed by atoms with Crippen LogP contribution < -0.4 is 0 Å². The predicted molar refractivity (Wildman–Crippen MR) is 119 cm³/mol. The van der Waals surface area contributed by atoms with Crippen LogP contribution in [0.15, 0.2) is 30.3 Å². The molecule has 1 unspecified atom stereocenters. The second kappa shape index (κ2) is 11.2. The van der Waals surface area contributed by atoms with E-state index in [4.69, 9.17) is 0 Å². The van der Waals surface area contributed by atoms with Gasteiger partial charge in [0.15, 0.2) is 0 Å². The molecule has 1 atom stereocenters. The van der Waals surface area contributed by atoms with Crippen LogP contribution in [0.25, 0.3) is 0 Å². The fourth-order valence-electron chi connectivity index (χ4n) is 3.79. The van der Waals surface area contributed by atoms with Gasteiger partial charge >= 0.3 is 0 Å². The summed E-state index contributed by atoms with van der Waals surface area (Å²) >= 11 is 0. The minimum atomic E-state index is 0.293. The summed E-state index contributed by atoms with van der Waals surface area (Å²) in [4.78, 5) is 0. The van der Waals surface area contributed by atoms with Crippen LogP contribution in [0.5, 0.6) is 0 Å². The Bertz CT molecular complexity index is 453. The van der Waals surface area contributed by atoms with Gasteiger partial charge in [0.1, 0.15) is 0 Å². The van der Waals surface area contributed by atoms with Gasteiger partial charge in [0, 0.05) is 0 Å². The van der Waals surface area contributed by atoms with Crippen molar-refractivity contribution >= 4 is 0 Å². The first-order chi connectivity index (χ1) is 12.1. The zero-order valence-corrected chi connectivity index (χ0v) is 18.9. The van der Waals surface area contributed by atoms with Crippen LogP contribution in [0.1, 0.15) is 112 Å². The standard InChI is InChI=1S/C16H32.C10H14/c1-5-6-7-8-12-15(16(2,3)4)13-14-10-9-11-14;1-10(2,3)9-7-5-4-6-8-9/h14-15H,5-13H2,1-4H3;4-8H,1-3H3. The van der Waals surface area contributed by atoms with Crippen molar-refractivity contribution in [2.24, 2.45) is 17.3 Å². The van der Waals surface area contributed by atoms with Crippen LogP contribution in [0, 0.1) is 17.3 Å². The van der Waals surface area contributed by atoms with Gasteiger partial charge in [0.25, 0.3) is 0 Å². The Morgan fingerprint density at radius 1 is 0.885 bits per heavy atom. The maximum atomic E-state index is 2.44. The lowest BCUT2D eigenvalue weighted by Gasteiger charge is -2.37. The Morgan fingerprint density at radius 2 is 1.50 bits per heavy atom. The first-order valence-electron chi connectivity index (χ1n) is 11.2. The van der Waals surface area contributed by atoms with E-state index < -0.39 is 0 Å². The molecule has 0 amide bonds. The number of benzene rings is 1. The second-order valence-electron chi connectivity index (χ2n) is 10.6. The highest BCUT2D eigenvalue weighted by atomic mass is 14.3. The molecule has 1 saturated carbocycles. The van der Waals surface area contributed by atoms with Crippen LogP contribution in [-0.4, -0.2) is 0 Å². The number of rotatable bonds is 7. The smallest absolute Gasteiger partial charge is 0.0132 e. The zero-order chi connectivity index (χ0) is 19.6. The molecule has 0 saturated heterocycles. The second-order valence-corrected chi connectivity index (χ2v) is 10.6.